The van der Waals surface area contributed by atoms with Gasteiger partial charge in [-0.15, -0.1) is 0 Å². The fourth-order valence-electron chi connectivity index (χ4n) is 2.84. The topological polar surface area (TPSA) is 28.3 Å². The van der Waals surface area contributed by atoms with Crippen LogP contribution in [-0.4, -0.2) is 35.1 Å². The van der Waals surface area contributed by atoms with Gasteiger partial charge in [0.05, 0.1) is 0 Å². The van der Waals surface area contributed by atoms with Gasteiger partial charge in [-0.05, 0) is 43.5 Å². The largest absolute Gasteiger partial charge is 0.492 e. The number of fused-ring (bicyclic) bond motifs is 1. The summed E-state index contributed by atoms with van der Waals surface area (Å²) in [5, 5.41) is 1.22. The van der Waals surface area contributed by atoms with E-state index in [1.54, 1.807) is 0 Å². The highest BCUT2D eigenvalue weighted by molar-refractivity contribution is 5.80. The fourth-order valence-corrected chi connectivity index (χ4v) is 2.84. The molecule has 1 aromatic carbocycles. The first-order valence-corrected chi connectivity index (χ1v) is 6.86. The number of H-pyrrole nitrogens is 1. The lowest BCUT2D eigenvalue weighted by molar-refractivity contribution is 0.0433. The van der Waals surface area contributed by atoms with Crippen LogP contribution in [0.5, 0.6) is 5.75 Å². The maximum atomic E-state index is 5.94. The summed E-state index contributed by atoms with van der Waals surface area (Å²) in [5.74, 6) is 0.991. The van der Waals surface area contributed by atoms with Crippen molar-refractivity contribution in [1.82, 2.24) is 9.88 Å². The van der Waals surface area contributed by atoms with Gasteiger partial charge in [0.15, 0.2) is 0 Å². The van der Waals surface area contributed by atoms with Gasteiger partial charge >= 0.3 is 0 Å². The molecule has 0 spiro atoms. The van der Waals surface area contributed by atoms with Crippen LogP contribution in [0.2, 0.25) is 0 Å². The minimum atomic E-state index is 0.652. The number of nitrogens with one attached hydrogen (secondary N) is 1. The molecule has 2 fully saturated rings. The van der Waals surface area contributed by atoms with Crippen LogP contribution < -0.4 is 4.74 Å². The van der Waals surface area contributed by atoms with Crippen molar-refractivity contribution in [3.05, 3.63) is 30.5 Å². The average molecular weight is 242 g/mol. The quantitative estimate of drug-likeness (QED) is 0.893. The first-order valence-electron chi connectivity index (χ1n) is 6.86. The molecule has 1 N–H and O–H groups in total. The summed E-state index contributed by atoms with van der Waals surface area (Å²) in [6, 6.07) is 9.87. The Kier molecular flexibility index (Phi) is 2.33. The van der Waals surface area contributed by atoms with Gasteiger partial charge in [-0.3, -0.25) is 4.90 Å². The Morgan fingerprint density at radius 3 is 2.94 bits per heavy atom. The van der Waals surface area contributed by atoms with Gasteiger partial charge in [0.1, 0.15) is 12.4 Å². The molecule has 0 radical (unpaired) electrons. The number of nitrogens with zero attached hydrogens (tertiary/aromatic N) is 1. The number of ether oxygens (including phenoxy) is 1. The van der Waals surface area contributed by atoms with E-state index in [2.05, 4.69) is 34.1 Å². The average Bonchev–Trinajstić information content (AvgIpc) is 3.05. The third kappa shape index (κ3) is 1.79. The summed E-state index contributed by atoms with van der Waals surface area (Å²) in [7, 11) is 0. The zero-order valence-electron chi connectivity index (χ0n) is 10.4. The van der Waals surface area contributed by atoms with Crippen LogP contribution >= 0.6 is 0 Å². The molecule has 4 rings (SSSR count). The zero-order valence-corrected chi connectivity index (χ0v) is 10.4. The summed E-state index contributed by atoms with van der Waals surface area (Å²) in [6.45, 7) is 2.11. The van der Waals surface area contributed by atoms with E-state index in [-0.39, 0.29) is 0 Å². The summed E-state index contributed by atoms with van der Waals surface area (Å²) in [4.78, 5) is 5.81. The zero-order chi connectivity index (χ0) is 11.9. The number of benzene rings is 1. The second kappa shape index (κ2) is 4.02. The monoisotopic (exact) mass is 242 g/mol. The Bertz CT molecular complexity index is 558. The lowest BCUT2D eigenvalue weighted by Crippen LogP contribution is -2.51. The van der Waals surface area contributed by atoms with Crippen LogP contribution in [0.4, 0.5) is 0 Å². The van der Waals surface area contributed by atoms with Crippen LogP contribution in [0.15, 0.2) is 30.5 Å². The SMILES string of the molecule is c1cc2cc(OCC3CCN3C3CC3)ccc2[nH]1. The highest BCUT2D eigenvalue weighted by atomic mass is 16.5. The molecule has 2 aromatic rings. The summed E-state index contributed by atoms with van der Waals surface area (Å²) >= 11 is 0. The molecule has 0 amide bonds. The minimum Gasteiger partial charge on any atom is -0.492 e. The number of hydrogen-bond acceptors (Lipinski definition) is 2. The normalized spacial score (nSPS) is 24.1. The molecular formula is C15H18N2O. The van der Waals surface area contributed by atoms with Crippen LogP contribution in [-0.2, 0) is 0 Å². The molecule has 1 saturated heterocycles. The minimum absolute atomic E-state index is 0.652. The Labute approximate surface area is 107 Å². The second-order valence-corrected chi connectivity index (χ2v) is 5.45. The van der Waals surface area contributed by atoms with E-state index in [0.717, 1.165) is 18.4 Å². The van der Waals surface area contributed by atoms with Gasteiger partial charge < -0.3 is 9.72 Å². The van der Waals surface area contributed by atoms with Gasteiger partial charge in [0.2, 0.25) is 0 Å². The van der Waals surface area contributed by atoms with Gasteiger partial charge in [-0.1, -0.05) is 0 Å². The van der Waals surface area contributed by atoms with Crippen molar-refractivity contribution in [3.8, 4) is 5.75 Å². The summed E-state index contributed by atoms with van der Waals surface area (Å²) in [6.07, 6.45) is 6.05. The van der Waals surface area contributed by atoms with Crippen molar-refractivity contribution in [1.29, 1.82) is 0 Å². The van der Waals surface area contributed by atoms with Crippen molar-refractivity contribution in [3.63, 3.8) is 0 Å². The standard InChI is InChI=1S/C15H18N2O/c1-2-12(1)17-8-6-13(17)10-18-14-3-4-15-11(9-14)5-7-16-15/h3-5,7,9,12-13,16H,1-2,6,8,10H2. The van der Waals surface area contributed by atoms with Gasteiger partial charge in [0, 0.05) is 35.7 Å². The van der Waals surface area contributed by atoms with E-state index in [1.165, 1.54) is 36.7 Å². The first-order chi connectivity index (χ1) is 8.90. The van der Waals surface area contributed by atoms with Gasteiger partial charge in [-0.2, -0.15) is 0 Å². The van der Waals surface area contributed by atoms with Crippen LogP contribution in [0.1, 0.15) is 19.3 Å². The maximum absolute atomic E-state index is 5.94. The molecular weight excluding hydrogens is 224 g/mol. The summed E-state index contributed by atoms with van der Waals surface area (Å²) < 4.78 is 5.94. The summed E-state index contributed by atoms with van der Waals surface area (Å²) in [5.41, 5.74) is 1.17. The van der Waals surface area contributed by atoms with Crippen LogP contribution in [0.25, 0.3) is 10.9 Å². The second-order valence-electron chi connectivity index (χ2n) is 5.45. The molecule has 0 bridgehead atoms. The molecule has 3 nitrogen and oxygen atoms in total. The molecule has 94 valence electrons. The highest BCUT2D eigenvalue weighted by Gasteiger charge is 2.39. The van der Waals surface area contributed by atoms with Crippen molar-refractivity contribution >= 4 is 10.9 Å². The Balaban J connectivity index is 1.41. The van der Waals surface area contributed by atoms with E-state index >= 15 is 0 Å². The van der Waals surface area contributed by atoms with Crippen LogP contribution in [0, 0.1) is 0 Å². The third-order valence-electron chi connectivity index (χ3n) is 4.17. The van der Waals surface area contributed by atoms with Gasteiger partial charge in [-0.25, -0.2) is 0 Å². The Morgan fingerprint density at radius 1 is 1.22 bits per heavy atom. The predicted molar refractivity (Wildman–Crippen MR) is 71.9 cm³/mol. The van der Waals surface area contributed by atoms with E-state index in [1.807, 2.05) is 6.20 Å². The van der Waals surface area contributed by atoms with Crippen molar-refractivity contribution in [2.24, 2.45) is 0 Å². The molecule has 18 heavy (non-hydrogen) atoms. The maximum Gasteiger partial charge on any atom is 0.120 e. The number of rotatable bonds is 4. The van der Waals surface area contributed by atoms with Gasteiger partial charge in [0.25, 0.3) is 0 Å². The molecule has 1 aliphatic heterocycles. The Hall–Kier alpha value is -1.48. The molecule has 3 heteroatoms. The van der Waals surface area contributed by atoms with E-state index in [9.17, 15) is 0 Å². The number of aromatic nitrogens is 1. The highest BCUT2D eigenvalue weighted by Crippen LogP contribution is 2.34. The lowest BCUT2D eigenvalue weighted by Gasteiger charge is -2.40. The van der Waals surface area contributed by atoms with Crippen molar-refractivity contribution in [2.75, 3.05) is 13.2 Å². The molecule has 1 aromatic heterocycles. The lowest BCUT2D eigenvalue weighted by atomic mass is 10.0. The molecule has 1 atom stereocenters. The number of likely N-dealkylation sites (tertiary alicyclic amines) is 1. The number of hydrogen-bond donors (Lipinski definition) is 1. The molecule has 1 aliphatic carbocycles. The smallest absolute Gasteiger partial charge is 0.120 e. The molecule has 1 saturated carbocycles. The fraction of sp³-hybridized carbons (Fsp3) is 0.467. The predicted octanol–water partition coefficient (Wildman–Crippen LogP) is 2.78. The van der Waals surface area contributed by atoms with Crippen molar-refractivity contribution in [2.45, 2.75) is 31.3 Å². The molecule has 1 unspecified atom stereocenters. The molecule has 2 aliphatic rings. The third-order valence-corrected chi connectivity index (χ3v) is 4.17. The van der Waals surface area contributed by atoms with Crippen LogP contribution in [0.3, 0.4) is 0 Å². The first kappa shape index (κ1) is 10.4. The van der Waals surface area contributed by atoms with E-state index in [4.69, 9.17) is 4.74 Å². The Morgan fingerprint density at radius 2 is 2.17 bits per heavy atom. The number of aromatic amines is 1. The van der Waals surface area contributed by atoms with E-state index < -0.39 is 0 Å². The molecule has 2 heterocycles. The van der Waals surface area contributed by atoms with E-state index in [0.29, 0.717) is 6.04 Å². The van der Waals surface area contributed by atoms with Crippen molar-refractivity contribution < 1.29 is 4.74 Å².